The van der Waals surface area contributed by atoms with Crippen LogP contribution in [-0.4, -0.2) is 19.5 Å². The van der Waals surface area contributed by atoms with E-state index in [4.69, 9.17) is 19.4 Å². The van der Waals surface area contributed by atoms with Crippen LogP contribution in [0.4, 0.5) is 0 Å². The van der Waals surface area contributed by atoms with Crippen molar-refractivity contribution in [2.24, 2.45) is 0 Å². The second kappa shape index (κ2) is 11.2. The highest BCUT2D eigenvalue weighted by Crippen LogP contribution is 2.39. The monoisotopic (exact) mass is 664 g/mol. The lowest BCUT2D eigenvalue weighted by Crippen LogP contribution is -2.02. The van der Waals surface area contributed by atoms with Crippen LogP contribution >= 0.6 is 0 Å². The largest absolute Gasteiger partial charge is 0.456 e. The van der Waals surface area contributed by atoms with Crippen molar-refractivity contribution in [3.05, 3.63) is 170 Å². The third-order valence-electron chi connectivity index (χ3n) is 10.2. The van der Waals surface area contributed by atoms with E-state index in [9.17, 15) is 0 Å². The fourth-order valence-electron chi connectivity index (χ4n) is 7.73. The normalized spacial score (nSPS) is 11.8. The van der Waals surface area contributed by atoms with E-state index < -0.39 is 0 Å². The molecule has 0 saturated carbocycles. The molecule has 0 N–H and O–H groups in total. The van der Waals surface area contributed by atoms with Crippen LogP contribution in [0, 0.1) is 0 Å². The minimum absolute atomic E-state index is 0.606. The van der Waals surface area contributed by atoms with Gasteiger partial charge in [0.15, 0.2) is 17.5 Å². The molecule has 3 heterocycles. The van der Waals surface area contributed by atoms with Gasteiger partial charge in [-0.25, -0.2) is 15.0 Å². The molecule has 11 aromatic rings. The first-order valence-electron chi connectivity index (χ1n) is 17.4. The maximum Gasteiger partial charge on any atom is 0.164 e. The Morgan fingerprint density at radius 1 is 0.346 bits per heavy atom. The highest BCUT2D eigenvalue weighted by molar-refractivity contribution is 6.14. The Balaban J connectivity index is 1.18. The average Bonchev–Trinajstić information content (AvgIpc) is 3.74. The first-order valence-corrected chi connectivity index (χ1v) is 17.4. The van der Waals surface area contributed by atoms with Gasteiger partial charge in [0.2, 0.25) is 0 Å². The lowest BCUT2D eigenvalue weighted by atomic mass is 10.0. The number of hydrogen-bond donors (Lipinski definition) is 0. The van der Waals surface area contributed by atoms with Crippen molar-refractivity contribution < 1.29 is 4.42 Å². The summed E-state index contributed by atoms with van der Waals surface area (Å²) in [7, 11) is 0. The second-order valence-electron chi connectivity index (χ2n) is 13.3. The van der Waals surface area contributed by atoms with Gasteiger partial charge in [-0.3, -0.25) is 0 Å². The molecule has 0 spiro atoms. The Kier molecular flexibility index (Phi) is 6.18. The predicted molar refractivity (Wildman–Crippen MR) is 213 cm³/mol. The van der Waals surface area contributed by atoms with Crippen LogP contribution in [0.1, 0.15) is 0 Å². The summed E-state index contributed by atoms with van der Waals surface area (Å²) in [5, 5.41) is 9.22. The molecule has 3 aromatic heterocycles. The van der Waals surface area contributed by atoms with E-state index in [0.29, 0.717) is 17.5 Å². The van der Waals surface area contributed by atoms with Crippen LogP contribution in [0.3, 0.4) is 0 Å². The van der Waals surface area contributed by atoms with E-state index in [0.717, 1.165) is 66.1 Å². The van der Waals surface area contributed by atoms with Crippen molar-refractivity contribution in [3.63, 3.8) is 0 Å². The quantitative estimate of drug-likeness (QED) is 0.188. The fraction of sp³-hybridized carbons (Fsp3) is 0. The molecule has 0 amide bonds. The van der Waals surface area contributed by atoms with Gasteiger partial charge in [0.25, 0.3) is 0 Å². The zero-order valence-corrected chi connectivity index (χ0v) is 27.9. The number of furan rings is 1. The van der Waals surface area contributed by atoms with Gasteiger partial charge < -0.3 is 8.98 Å². The van der Waals surface area contributed by atoms with Crippen LogP contribution in [0.15, 0.2) is 174 Å². The molecule has 11 rings (SSSR count). The van der Waals surface area contributed by atoms with E-state index in [-0.39, 0.29) is 0 Å². The fourth-order valence-corrected chi connectivity index (χ4v) is 7.73. The van der Waals surface area contributed by atoms with Crippen molar-refractivity contribution in [2.45, 2.75) is 0 Å². The zero-order valence-electron chi connectivity index (χ0n) is 27.9. The molecule has 0 saturated heterocycles. The molecule has 0 radical (unpaired) electrons. The third-order valence-corrected chi connectivity index (χ3v) is 10.2. The number of benzene rings is 8. The van der Waals surface area contributed by atoms with Crippen LogP contribution in [-0.2, 0) is 0 Å². The number of aromatic nitrogens is 4. The van der Waals surface area contributed by atoms with Gasteiger partial charge in [-0.2, -0.15) is 0 Å². The Hall–Kier alpha value is -7.11. The van der Waals surface area contributed by atoms with E-state index in [1.54, 1.807) is 0 Å². The molecule has 0 aliphatic heterocycles. The van der Waals surface area contributed by atoms with Gasteiger partial charge in [0.1, 0.15) is 11.2 Å². The number of rotatable bonds is 4. The lowest BCUT2D eigenvalue weighted by Gasteiger charge is -2.15. The van der Waals surface area contributed by atoms with Gasteiger partial charge in [-0.05, 0) is 70.8 Å². The Morgan fingerprint density at radius 2 is 0.962 bits per heavy atom. The highest BCUT2D eigenvalue weighted by Gasteiger charge is 2.19. The first kappa shape index (κ1) is 28.7. The van der Waals surface area contributed by atoms with Crippen molar-refractivity contribution in [1.29, 1.82) is 0 Å². The van der Waals surface area contributed by atoms with E-state index in [1.165, 1.54) is 21.5 Å². The molecule has 5 nitrogen and oxygen atoms in total. The molecule has 0 aliphatic carbocycles. The van der Waals surface area contributed by atoms with Crippen LogP contribution in [0.25, 0.3) is 105 Å². The standard InChI is InChI=1S/C47H28N4O/c1-2-12-29(13-3-1)45-48-46(33-22-23-44-39(26-33)37-19-9-11-21-43(37)52-44)50-47(49-45)34-24-32-16-6-7-17-35(32)41(28-34)51-40-20-10-8-18-36(40)38-25-30-14-4-5-15-31(30)27-42(38)51/h1-28H. The summed E-state index contributed by atoms with van der Waals surface area (Å²) < 4.78 is 8.55. The van der Waals surface area contributed by atoms with Crippen molar-refractivity contribution >= 4 is 65.3 Å². The zero-order chi connectivity index (χ0) is 34.2. The molecule has 0 bridgehead atoms. The third kappa shape index (κ3) is 4.46. The molecule has 0 fully saturated rings. The van der Waals surface area contributed by atoms with Crippen molar-refractivity contribution in [3.8, 4) is 39.9 Å². The maximum atomic E-state index is 6.15. The van der Waals surface area contributed by atoms with Gasteiger partial charge in [-0.15, -0.1) is 0 Å². The maximum absolute atomic E-state index is 6.15. The highest BCUT2D eigenvalue weighted by atomic mass is 16.3. The number of nitrogens with zero attached hydrogens (tertiary/aromatic N) is 4. The molecule has 52 heavy (non-hydrogen) atoms. The Morgan fingerprint density at radius 3 is 1.79 bits per heavy atom. The van der Waals surface area contributed by atoms with Gasteiger partial charge >= 0.3 is 0 Å². The summed E-state index contributed by atoms with van der Waals surface area (Å²) in [6.45, 7) is 0. The number of hydrogen-bond acceptors (Lipinski definition) is 4. The minimum Gasteiger partial charge on any atom is -0.456 e. The Bertz CT molecular complexity index is 3190. The summed E-state index contributed by atoms with van der Waals surface area (Å²) in [4.78, 5) is 15.4. The molecule has 242 valence electrons. The molecule has 0 atom stereocenters. The van der Waals surface area contributed by atoms with E-state index >= 15 is 0 Å². The van der Waals surface area contributed by atoms with Crippen molar-refractivity contribution in [2.75, 3.05) is 0 Å². The summed E-state index contributed by atoms with van der Waals surface area (Å²) in [5.41, 5.74) is 7.81. The van der Waals surface area contributed by atoms with Crippen LogP contribution in [0.2, 0.25) is 0 Å². The molecule has 0 unspecified atom stereocenters. The summed E-state index contributed by atoms with van der Waals surface area (Å²) in [5.74, 6) is 1.84. The summed E-state index contributed by atoms with van der Waals surface area (Å²) in [6, 6.07) is 59.3. The average molecular weight is 665 g/mol. The van der Waals surface area contributed by atoms with Gasteiger partial charge in [0, 0.05) is 43.6 Å². The second-order valence-corrected chi connectivity index (χ2v) is 13.3. The van der Waals surface area contributed by atoms with Gasteiger partial charge in [-0.1, -0.05) is 115 Å². The number of para-hydroxylation sites is 2. The molecule has 5 heteroatoms. The van der Waals surface area contributed by atoms with E-state index in [1.807, 2.05) is 60.7 Å². The SMILES string of the molecule is c1ccc(-c2nc(-c3cc(-n4c5ccccc5c5cc6ccccc6cc54)c4ccccc4c3)nc(-c3ccc4oc5ccccc5c4c3)n2)cc1. The van der Waals surface area contributed by atoms with Crippen LogP contribution < -0.4 is 0 Å². The van der Waals surface area contributed by atoms with Crippen molar-refractivity contribution in [1.82, 2.24) is 19.5 Å². The summed E-state index contributed by atoms with van der Waals surface area (Å²) in [6.07, 6.45) is 0. The molecular formula is C47H28N4O. The molecule has 0 aliphatic rings. The Labute approximate surface area is 298 Å². The first-order chi connectivity index (χ1) is 25.7. The lowest BCUT2D eigenvalue weighted by molar-refractivity contribution is 0.669. The molecular weight excluding hydrogens is 637 g/mol. The minimum atomic E-state index is 0.606. The smallest absolute Gasteiger partial charge is 0.164 e. The number of fused-ring (bicyclic) bond motifs is 8. The molecule has 8 aromatic carbocycles. The van der Waals surface area contributed by atoms with E-state index in [2.05, 4.69) is 114 Å². The summed E-state index contributed by atoms with van der Waals surface area (Å²) >= 11 is 0. The van der Waals surface area contributed by atoms with Crippen LogP contribution in [0.5, 0.6) is 0 Å². The predicted octanol–water partition coefficient (Wildman–Crippen LogP) is 12.2. The topological polar surface area (TPSA) is 56.7 Å². The van der Waals surface area contributed by atoms with Gasteiger partial charge in [0.05, 0.1) is 16.7 Å².